The van der Waals surface area contributed by atoms with E-state index in [1.165, 1.54) is 75.8 Å². The molecule has 1 aliphatic heterocycles. The number of hydrogen-bond acceptors (Lipinski definition) is 3. The lowest BCUT2D eigenvalue weighted by molar-refractivity contribution is 0.724. The number of rotatable bonds is 4. The van der Waals surface area contributed by atoms with Crippen LogP contribution < -0.4 is 0 Å². The number of fused-ring (bicyclic) bond motifs is 11. The van der Waals surface area contributed by atoms with Crippen LogP contribution in [0.15, 0.2) is 216 Å². The van der Waals surface area contributed by atoms with Gasteiger partial charge in [0.25, 0.3) is 0 Å². The first-order chi connectivity index (χ1) is 28.7. The number of aromatic nitrogens is 2. The van der Waals surface area contributed by atoms with Crippen LogP contribution in [0.25, 0.3) is 77.7 Å². The molecule has 0 bridgehead atoms. The van der Waals surface area contributed by atoms with Crippen molar-refractivity contribution >= 4 is 33.3 Å². The number of hydrogen-bond donors (Lipinski definition) is 0. The summed E-state index contributed by atoms with van der Waals surface area (Å²) < 4.78 is 0. The van der Waals surface area contributed by atoms with E-state index in [-0.39, 0.29) is 0 Å². The van der Waals surface area contributed by atoms with Gasteiger partial charge in [0.2, 0.25) is 0 Å². The van der Waals surface area contributed by atoms with Gasteiger partial charge in [0.05, 0.1) is 16.8 Å². The largest absolute Gasteiger partial charge is 0.228 e. The first-order valence-electron chi connectivity index (χ1n) is 19.8. The Balaban J connectivity index is 1.07. The molecular formula is C55H34N2S. The SMILES string of the molecule is c1ccc(-c2cc(-c3ccc(-c4ccc5ccccc5c4)cc3)nc(-c3cccc4c3Sc3cc5ccccc5cc3C43c4ccccc4-c4ccccc43)n2)cc1. The Bertz CT molecular complexity index is 3210. The summed E-state index contributed by atoms with van der Waals surface area (Å²) in [7, 11) is 0. The molecule has 0 saturated heterocycles. The van der Waals surface area contributed by atoms with E-state index in [1.807, 2.05) is 11.8 Å². The predicted octanol–water partition coefficient (Wildman–Crippen LogP) is 14.3. The Kier molecular flexibility index (Phi) is 7.41. The molecule has 0 amide bonds. The summed E-state index contributed by atoms with van der Waals surface area (Å²) in [6.45, 7) is 0. The molecule has 58 heavy (non-hydrogen) atoms. The molecule has 2 aliphatic rings. The van der Waals surface area contributed by atoms with Gasteiger partial charge >= 0.3 is 0 Å². The van der Waals surface area contributed by atoms with Crippen molar-refractivity contribution in [2.75, 3.05) is 0 Å². The summed E-state index contributed by atoms with van der Waals surface area (Å²) in [4.78, 5) is 13.3. The maximum absolute atomic E-state index is 5.44. The Morgan fingerprint density at radius 3 is 1.55 bits per heavy atom. The summed E-state index contributed by atoms with van der Waals surface area (Å²) in [5.41, 5.74) is 14.6. The summed E-state index contributed by atoms with van der Waals surface area (Å²) in [6.07, 6.45) is 0. The van der Waals surface area contributed by atoms with Gasteiger partial charge in [-0.3, -0.25) is 0 Å². The Morgan fingerprint density at radius 2 is 0.845 bits per heavy atom. The Morgan fingerprint density at radius 1 is 0.328 bits per heavy atom. The molecule has 270 valence electrons. The Hall–Kier alpha value is -7.07. The maximum atomic E-state index is 5.44. The minimum absolute atomic E-state index is 0.512. The third-order valence-corrected chi connectivity index (χ3v) is 13.3. The fourth-order valence-electron chi connectivity index (χ4n) is 9.46. The van der Waals surface area contributed by atoms with Crippen molar-refractivity contribution in [1.29, 1.82) is 0 Å². The van der Waals surface area contributed by atoms with Crippen molar-refractivity contribution in [3.63, 3.8) is 0 Å². The van der Waals surface area contributed by atoms with Crippen LogP contribution in [-0.4, -0.2) is 9.97 Å². The molecule has 1 aliphatic carbocycles. The fraction of sp³-hybridized carbons (Fsp3) is 0.0182. The van der Waals surface area contributed by atoms with Crippen LogP contribution in [0.2, 0.25) is 0 Å². The molecule has 2 nitrogen and oxygen atoms in total. The van der Waals surface area contributed by atoms with Crippen molar-refractivity contribution in [2.24, 2.45) is 0 Å². The lowest BCUT2D eigenvalue weighted by atomic mass is 9.66. The molecule has 0 radical (unpaired) electrons. The van der Waals surface area contributed by atoms with Gasteiger partial charge in [-0.1, -0.05) is 194 Å². The average molecular weight is 755 g/mol. The molecule has 9 aromatic carbocycles. The van der Waals surface area contributed by atoms with Gasteiger partial charge in [0.1, 0.15) is 0 Å². The highest BCUT2D eigenvalue weighted by Gasteiger charge is 2.50. The van der Waals surface area contributed by atoms with E-state index < -0.39 is 5.41 Å². The fourth-order valence-corrected chi connectivity index (χ4v) is 10.8. The van der Waals surface area contributed by atoms with Gasteiger partial charge in [-0.25, -0.2) is 9.97 Å². The average Bonchev–Trinajstić information content (AvgIpc) is 3.59. The summed E-state index contributed by atoms with van der Waals surface area (Å²) in [5, 5.41) is 4.97. The molecule has 12 rings (SSSR count). The minimum atomic E-state index is -0.512. The van der Waals surface area contributed by atoms with E-state index in [1.54, 1.807) is 0 Å². The molecular weight excluding hydrogens is 721 g/mol. The van der Waals surface area contributed by atoms with Gasteiger partial charge in [0.15, 0.2) is 5.82 Å². The second-order valence-electron chi connectivity index (χ2n) is 15.3. The van der Waals surface area contributed by atoms with Crippen LogP contribution in [0.4, 0.5) is 0 Å². The van der Waals surface area contributed by atoms with E-state index in [4.69, 9.17) is 9.97 Å². The first-order valence-corrected chi connectivity index (χ1v) is 20.6. The standard InChI is InChI=1S/C55H34N2S/c1-2-14-37(15-3-1)50-34-51(38-28-25-36(26-29-38)42-30-27-35-13-4-5-16-39(35)31-42)57-54(56-50)45-21-12-24-48-53(45)58-52-33-41-18-7-6-17-40(41)32-49(52)55(48)46-22-10-8-19-43(46)44-20-9-11-23-47(44)55/h1-34H. The lowest BCUT2D eigenvalue weighted by Crippen LogP contribution is -2.32. The van der Waals surface area contributed by atoms with E-state index in [9.17, 15) is 0 Å². The summed E-state index contributed by atoms with van der Waals surface area (Å²) in [6, 6.07) is 75.0. The smallest absolute Gasteiger partial charge is 0.161 e. The predicted molar refractivity (Wildman–Crippen MR) is 240 cm³/mol. The highest BCUT2D eigenvalue weighted by Crippen LogP contribution is 2.63. The van der Waals surface area contributed by atoms with Gasteiger partial charge in [-0.15, -0.1) is 0 Å². The van der Waals surface area contributed by atoms with Crippen molar-refractivity contribution in [2.45, 2.75) is 15.2 Å². The lowest BCUT2D eigenvalue weighted by Gasteiger charge is -2.40. The molecule has 0 saturated carbocycles. The van der Waals surface area contributed by atoms with E-state index in [0.29, 0.717) is 0 Å². The summed E-state index contributed by atoms with van der Waals surface area (Å²) in [5.74, 6) is 0.721. The van der Waals surface area contributed by atoms with Crippen LogP contribution in [0.5, 0.6) is 0 Å². The van der Waals surface area contributed by atoms with Gasteiger partial charge in [-0.2, -0.15) is 0 Å². The quantitative estimate of drug-likeness (QED) is 0.179. The van der Waals surface area contributed by atoms with Gasteiger partial charge < -0.3 is 0 Å². The monoisotopic (exact) mass is 754 g/mol. The van der Waals surface area contributed by atoms with Gasteiger partial charge in [0, 0.05) is 26.5 Å². The molecule has 3 heteroatoms. The highest BCUT2D eigenvalue weighted by atomic mass is 32.2. The minimum Gasteiger partial charge on any atom is -0.228 e. The van der Waals surface area contributed by atoms with Crippen LogP contribution in [-0.2, 0) is 5.41 Å². The number of benzene rings is 9. The van der Waals surface area contributed by atoms with Crippen molar-refractivity contribution in [3.05, 3.63) is 229 Å². The zero-order valence-electron chi connectivity index (χ0n) is 31.4. The molecule has 0 unspecified atom stereocenters. The second kappa shape index (κ2) is 13.0. The van der Waals surface area contributed by atoms with Crippen LogP contribution in [0.1, 0.15) is 22.3 Å². The maximum Gasteiger partial charge on any atom is 0.161 e. The van der Waals surface area contributed by atoms with Crippen LogP contribution in [0, 0.1) is 0 Å². The number of nitrogens with zero attached hydrogens (tertiary/aromatic N) is 2. The molecule has 0 fully saturated rings. The first kappa shape index (κ1) is 33.1. The highest BCUT2D eigenvalue weighted by molar-refractivity contribution is 7.99. The van der Waals surface area contributed by atoms with E-state index in [2.05, 4.69) is 206 Å². The van der Waals surface area contributed by atoms with E-state index >= 15 is 0 Å². The van der Waals surface area contributed by atoms with Crippen molar-refractivity contribution in [1.82, 2.24) is 9.97 Å². The topological polar surface area (TPSA) is 25.8 Å². The summed E-state index contributed by atoms with van der Waals surface area (Å²) >= 11 is 1.85. The molecule has 1 spiro atoms. The third-order valence-electron chi connectivity index (χ3n) is 12.1. The molecule has 0 atom stereocenters. The van der Waals surface area contributed by atoms with Crippen molar-refractivity contribution in [3.8, 4) is 56.2 Å². The Labute approximate surface area is 341 Å². The molecule has 0 N–H and O–H groups in total. The van der Waals surface area contributed by atoms with E-state index in [0.717, 1.165) is 33.9 Å². The zero-order valence-corrected chi connectivity index (χ0v) is 32.2. The third kappa shape index (κ3) is 5.00. The second-order valence-corrected chi connectivity index (χ2v) is 16.3. The normalized spacial score (nSPS) is 13.2. The van der Waals surface area contributed by atoms with Crippen LogP contribution >= 0.6 is 11.8 Å². The molecule has 1 aromatic heterocycles. The molecule has 10 aromatic rings. The van der Waals surface area contributed by atoms with Crippen LogP contribution in [0.3, 0.4) is 0 Å². The van der Waals surface area contributed by atoms with Crippen molar-refractivity contribution < 1.29 is 0 Å². The molecule has 2 heterocycles. The van der Waals surface area contributed by atoms with Gasteiger partial charge in [-0.05, 0) is 90.3 Å². The zero-order chi connectivity index (χ0) is 38.2.